The van der Waals surface area contributed by atoms with Gasteiger partial charge in [0.15, 0.2) is 5.01 Å². The summed E-state index contributed by atoms with van der Waals surface area (Å²) in [4.78, 5) is 22.1. The number of benzene rings is 2. The summed E-state index contributed by atoms with van der Waals surface area (Å²) in [5.41, 5.74) is 3.41. The maximum atomic E-state index is 12.9. The number of nitrogens with one attached hydrogen (secondary N) is 1. The molecule has 152 valence electrons. The van der Waals surface area contributed by atoms with Gasteiger partial charge in [0.25, 0.3) is 5.91 Å². The SMILES string of the molecule is COc1ccccc1-c1nnc(C2CCN(C(=O)c3ccc4nc[nH]c4c3)CC2)s1. The average Bonchev–Trinajstić information content (AvgIpc) is 3.48. The van der Waals surface area contributed by atoms with Crippen LogP contribution in [0.3, 0.4) is 0 Å². The number of ether oxygens (including phenoxy) is 1. The van der Waals surface area contributed by atoms with E-state index in [9.17, 15) is 4.79 Å². The van der Waals surface area contributed by atoms with Gasteiger partial charge in [0.1, 0.15) is 10.8 Å². The number of imidazole rings is 1. The standard InChI is InChI=1S/C22H21N5O2S/c1-29-19-5-3-2-4-16(19)21-26-25-20(30-21)14-8-10-27(11-9-14)22(28)15-6-7-17-18(12-15)24-13-23-17/h2-7,12-14H,8-11H2,1H3,(H,23,24). The van der Waals surface area contributed by atoms with Crippen LogP contribution in [0.4, 0.5) is 0 Å². The zero-order valence-electron chi connectivity index (χ0n) is 16.5. The highest BCUT2D eigenvalue weighted by molar-refractivity contribution is 7.14. The molecule has 8 heteroatoms. The highest BCUT2D eigenvalue weighted by Gasteiger charge is 2.27. The quantitative estimate of drug-likeness (QED) is 0.538. The minimum atomic E-state index is 0.0666. The number of aromatic nitrogens is 4. The minimum absolute atomic E-state index is 0.0666. The largest absolute Gasteiger partial charge is 0.496 e. The van der Waals surface area contributed by atoms with E-state index in [1.54, 1.807) is 24.8 Å². The van der Waals surface area contributed by atoms with Crippen molar-refractivity contribution in [2.75, 3.05) is 20.2 Å². The predicted molar refractivity (Wildman–Crippen MR) is 116 cm³/mol. The third-order valence-electron chi connectivity index (χ3n) is 5.58. The van der Waals surface area contributed by atoms with Crippen molar-refractivity contribution in [3.05, 3.63) is 59.4 Å². The van der Waals surface area contributed by atoms with Crippen LogP contribution in [0.1, 0.15) is 34.1 Å². The first-order valence-corrected chi connectivity index (χ1v) is 10.7. The third kappa shape index (κ3) is 3.43. The van der Waals surface area contributed by atoms with Crippen LogP contribution in [0.15, 0.2) is 48.8 Å². The van der Waals surface area contributed by atoms with E-state index in [1.807, 2.05) is 47.4 Å². The minimum Gasteiger partial charge on any atom is -0.496 e. The van der Waals surface area contributed by atoms with Crippen LogP contribution in [0.2, 0.25) is 0 Å². The molecule has 1 N–H and O–H groups in total. The van der Waals surface area contributed by atoms with Crippen molar-refractivity contribution in [3.8, 4) is 16.3 Å². The maximum Gasteiger partial charge on any atom is 0.253 e. The molecule has 0 bridgehead atoms. The van der Waals surface area contributed by atoms with Crippen LogP contribution in [-0.2, 0) is 0 Å². The summed E-state index contributed by atoms with van der Waals surface area (Å²) in [5.74, 6) is 1.19. The van der Waals surface area contributed by atoms with Crippen molar-refractivity contribution in [2.24, 2.45) is 0 Å². The smallest absolute Gasteiger partial charge is 0.253 e. The Morgan fingerprint density at radius 3 is 2.83 bits per heavy atom. The molecular weight excluding hydrogens is 398 g/mol. The number of hydrogen-bond acceptors (Lipinski definition) is 6. The van der Waals surface area contributed by atoms with Gasteiger partial charge in [0, 0.05) is 24.6 Å². The molecule has 0 atom stereocenters. The molecule has 1 amide bonds. The number of carbonyl (C=O) groups is 1. The molecular formula is C22H21N5O2S. The van der Waals surface area contributed by atoms with Crippen molar-refractivity contribution in [2.45, 2.75) is 18.8 Å². The van der Waals surface area contributed by atoms with E-state index in [1.165, 1.54) is 0 Å². The van der Waals surface area contributed by atoms with Gasteiger partial charge < -0.3 is 14.6 Å². The van der Waals surface area contributed by atoms with Crippen molar-refractivity contribution in [1.29, 1.82) is 0 Å². The number of para-hydroxylation sites is 1. The van der Waals surface area contributed by atoms with Crippen LogP contribution in [-0.4, -0.2) is 51.2 Å². The number of fused-ring (bicyclic) bond motifs is 1. The number of piperidine rings is 1. The summed E-state index contributed by atoms with van der Waals surface area (Å²) in [6.45, 7) is 1.43. The molecule has 4 aromatic rings. The molecule has 0 radical (unpaired) electrons. The second-order valence-corrected chi connectivity index (χ2v) is 8.36. The van der Waals surface area contributed by atoms with E-state index in [-0.39, 0.29) is 5.91 Å². The maximum absolute atomic E-state index is 12.9. The number of aromatic amines is 1. The monoisotopic (exact) mass is 419 g/mol. The van der Waals surface area contributed by atoms with Crippen molar-refractivity contribution >= 4 is 28.3 Å². The van der Waals surface area contributed by atoms with Gasteiger partial charge in [-0.1, -0.05) is 23.5 Å². The third-order valence-corrected chi connectivity index (χ3v) is 6.70. The van der Waals surface area contributed by atoms with Gasteiger partial charge in [-0.05, 0) is 43.2 Å². The molecule has 1 aliphatic heterocycles. The fraction of sp³-hybridized carbons (Fsp3) is 0.273. The van der Waals surface area contributed by atoms with Crippen molar-refractivity contribution in [1.82, 2.24) is 25.1 Å². The van der Waals surface area contributed by atoms with Gasteiger partial charge in [-0.3, -0.25) is 4.79 Å². The fourth-order valence-corrected chi connectivity index (χ4v) is 4.95. The number of methoxy groups -OCH3 is 1. The van der Waals surface area contributed by atoms with Gasteiger partial charge in [-0.2, -0.15) is 0 Å². The number of hydrogen-bond donors (Lipinski definition) is 1. The van der Waals surface area contributed by atoms with E-state index in [0.29, 0.717) is 24.6 Å². The molecule has 0 spiro atoms. The lowest BCUT2D eigenvalue weighted by Crippen LogP contribution is -2.37. The first-order chi connectivity index (χ1) is 14.7. The first kappa shape index (κ1) is 18.7. The topological polar surface area (TPSA) is 84.0 Å². The van der Waals surface area contributed by atoms with Gasteiger partial charge in [-0.15, -0.1) is 10.2 Å². The molecule has 2 aromatic carbocycles. The van der Waals surface area contributed by atoms with E-state index in [2.05, 4.69) is 20.2 Å². The fourth-order valence-electron chi connectivity index (χ4n) is 3.91. The van der Waals surface area contributed by atoms with Crippen LogP contribution in [0.25, 0.3) is 21.6 Å². The van der Waals surface area contributed by atoms with Gasteiger partial charge in [0.2, 0.25) is 0 Å². The molecule has 30 heavy (non-hydrogen) atoms. The Hall–Kier alpha value is -3.26. The summed E-state index contributed by atoms with van der Waals surface area (Å²) >= 11 is 1.61. The zero-order chi connectivity index (χ0) is 20.5. The Bertz CT molecular complexity index is 1190. The Morgan fingerprint density at radius 2 is 2.00 bits per heavy atom. The molecule has 0 saturated carbocycles. The van der Waals surface area contributed by atoms with E-state index in [4.69, 9.17) is 4.74 Å². The Kier molecular flexibility index (Phi) is 4.92. The Morgan fingerprint density at radius 1 is 1.17 bits per heavy atom. The number of H-pyrrole nitrogens is 1. The van der Waals surface area contributed by atoms with E-state index in [0.717, 1.165) is 45.2 Å². The lowest BCUT2D eigenvalue weighted by atomic mass is 9.97. The molecule has 1 saturated heterocycles. The van der Waals surface area contributed by atoms with E-state index < -0.39 is 0 Å². The highest BCUT2D eigenvalue weighted by atomic mass is 32.1. The van der Waals surface area contributed by atoms with Crippen LogP contribution < -0.4 is 4.74 Å². The number of carbonyl (C=O) groups excluding carboxylic acids is 1. The second kappa shape index (κ2) is 7.87. The van der Waals surface area contributed by atoms with Crippen molar-refractivity contribution in [3.63, 3.8) is 0 Å². The lowest BCUT2D eigenvalue weighted by Gasteiger charge is -2.31. The normalized spacial score (nSPS) is 14.9. The summed E-state index contributed by atoms with van der Waals surface area (Å²) in [5, 5.41) is 10.7. The second-order valence-electron chi connectivity index (χ2n) is 7.35. The van der Waals surface area contributed by atoms with E-state index >= 15 is 0 Å². The molecule has 1 fully saturated rings. The lowest BCUT2D eigenvalue weighted by molar-refractivity contribution is 0.0713. The van der Waals surface area contributed by atoms with Crippen molar-refractivity contribution < 1.29 is 9.53 Å². The Balaban J connectivity index is 1.27. The van der Waals surface area contributed by atoms with Crippen LogP contribution >= 0.6 is 11.3 Å². The average molecular weight is 420 g/mol. The van der Waals surface area contributed by atoms with Crippen LogP contribution in [0, 0.1) is 0 Å². The molecule has 0 aliphatic carbocycles. The first-order valence-electron chi connectivity index (χ1n) is 9.92. The molecule has 1 aliphatic rings. The van der Waals surface area contributed by atoms with Gasteiger partial charge in [-0.25, -0.2) is 4.98 Å². The summed E-state index contributed by atoms with van der Waals surface area (Å²) < 4.78 is 5.45. The Labute approximate surface area is 177 Å². The molecule has 2 aromatic heterocycles. The summed E-state index contributed by atoms with van der Waals surface area (Å²) in [7, 11) is 1.66. The molecule has 0 unspecified atom stereocenters. The summed E-state index contributed by atoms with van der Waals surface area (Å²) in [6.07, 6.45) is 3.42. The van der Waals surface area contributed by atoms with Gasteiger partial charge >= 0.3 is 0 Å². The highest BCUT2D eigenvalue weighted by Crippen LogP contribution is 2.36. The zero-order valence-corrected chi connectivity index (χ0v) is 17.4. The number of rotatable bonds is 4. The predicted octanol–water partition coefficient (Wildman–Crippen LogP) is 4.11. The van der Waals surface area contributed by atoms with Gasteiger partial charge in [0.05, 0.1) is 30.0 Å². The number of nitrogens with zero attached hydrogens (tertiary/aromatic N) is 4. The number of amides is 1. The molecule has 3 heterocycles. The number of likely N-dealkylation sites (tertiary alicyclic amines) is 1. The molecule has 5 rings (SSSR count). The molecule has 7 nitrogen and oxygen atoms in total. The summed E-state index contributed by atoms with van der Waals surface area (Å²) in [6, 6.07) is 13.5. The van der Waals surface area contributed by atoms with Crippen LogP contribution in [0.5, 0.6) is 5.75 Å².